The van der Waals surface area contributed by atoms with E-state index in [0.29, 0.717) is 0 Å². The highest BCUT2D eigenvalue weighted by Gasteiger charge is 2.68. The topological polar surface area (TPSA) is 111 Å². The van der Waals surface area contributed by atoms with Gasteiger partial charge in [0.05, 0.1) is 17.0 Å². The number of Topliss-reactive ketones (excluding diaryl/α,β-unsaturated/α-hetero) is 3. The number of nitrogens with zero attached hydrogens (tertiary/aromatic N) is 2. The second kappa shape index (κ2) is 7.47. The van der Waals surface area contributed by atoms with Gasteiger partial charge in [0.2, 0.25) is 0 Å². The number of fused-ring (bicyclic) bond motifs is 1. The number of benzene rings is 2. The molecule has 1 spiro atoms. The lowest BCUT2D eigenvalue weighted by Gasteiger charge is -2.33. The number of likely N-dealkylation sites (tertiary alicyclic amines) is 1. The first-order valence-electron chi connectivity index (χ1n) is 10.2. The Morgan fingerprint density at radius 3 is 2.24 bits per heavy atom. The van der Waals surface area contributed by atoms with Crippen LogP contribution in [-0.4, -0.2) is 46.3 Å². The SMILES string of the molecule is CN1C[C@H](C(=O)c2ccccc2Cl)[C@@H](c2ccc([N+](=O)[O-])o2)C12C(=O)c1ccccc1C2=O. The van der Waals surface area contributed by atoms with Crippen molar-refractivity contribution in [2.75, 3.05) is 13.6 Å². The van der Waals surface area contributed by atoms with Crippen LogP contribution in [0.1, 0.15) is 42.8 Å². The number of hydrogen-bond acceptors (Lipinski definition) is 7. The fourth-order valence-electron chi connectivity index (χ4n) is 5.20. The molecule has 2 aliphatic rings. The van der Waals surface area contributed by atoms with Gasteiger partial charge in [-0.05, 0) is 25.2 Å². The highest BCUT2D eigenvalue weighted by molar-refractivity contribution is 6.35. The molecule has 1 aliphatic heterocycles. The number of halogens is 1. The monoisotopic (exact) mass is 464 g/mol. The first kappa shape index (κ1) is 21.2. The van der Waals surface area contributed by atoms with Crippen molar-refractivity contribution in [2.24, 2.45) is 5.92 Å². The van der Waals surface area contributed by atoms with Crippen LogP contribution in [-0.2, 0) is 0 Å². The third-order valence-electron chi connectivity index (χ3n) is 6.61. The summed E-state index contributed by atoms with van der Waals surface area (Å²) in [6.07, 6.45) is 0. The average Bonchev–Trinajstić information content (AvgIpc) is 3.46. The number of likely N-dealkylation sites (N-methyl/N-ethyl adjacent to an activating group) is 1. The maximum absolute atomic E-state index is 13.8. The Hall–Kier alpha value is -3.62. The van der Waals surface area contributed by atoms with Crippen LogP contribution in [0.3, 0.4) is 0 Å². The second-order valence-electron chi connectivity index (χ2n) is 8.21. The first-order chi connectivity index (χ1) is 15.8. The van der Waals surface area contributed by atoms with Gasteiger partial charge in [-0.3, -0.25) is 29.4 Å². The minimum Gasteiger partial charge on any atom is -0.405 e. The molecule has 1 fully saturated rings. The van der Waals surface area contributed by atoms with E-state index in [1.165, 1.54) is 6.07 Å². The van der Waals surface area contributed by atoms with E-state index in [1.807, 2.05) is 0 Å². The summed E-state index contributed by atoms with van der Waals surface area (Å²) in [5, 5.41) is 11.5. The molecule has 0 radical (unpaired) electrons. The summed E-state index contributed by atoms with van der Waals surface area (Å²) in [6, 6.07) is 15.5. The van der Waals surface area contributed by atoms with Crippen LogP contribution in [0.4, 0.5) is 5.88 Å². The quantitative estimate of drug-likeness (QED) is 0.246. The van der Waals surface area contributed by atoms with E-state index in [4.69, 9.17) is 16.0 Å². The van der Waals surface area contributed by atoms with E-state index in [0.717, 1.165) is 6.07 Å². The molecule has 166 valence electrons. The molecule has 2 heterocycles. The zero-order chi connectivity index (χ0) is 23.5. The van der Waals surface area contributed by atoms with Crippen molar-refractivity contribution in [2.45, 2.75) is 11.5 Å². The number of hydrogen-bond donors (Lipinski definition) is 0. The molecule has 0 unspecified atom stereocenters. The molecule has 3 aromatic rings. The van der Waals surface area contributed by atoms with Crippen molar-refractivity contribution in [3.05, 3.63) is 98.3 Å². The van der Waals surface area contributed by atoms with Gasteiger partial charge in [0, 0.05) is 29.2 Å². The smallest absolute Gasteiger partial charge is 0.405 e. The molecule has 8 nitrogen and oxygen atoms in total. The van der Waals surface area contributed by atoms with Crippen molar-refractivity contribution >= 4 is 34.8 Å². The molecule has 0 amide bonds. The normalized spacial score (nSPS) is 21.5. The molecule has 5 rings (SSSR count). The van der Waals surface area contributed by atoms with Crippen molar-refractivity contribution in [3.8, 4) is 0 Å². The molecule has 2 aromatic carbocycles. The van der Waals surface area contributed by atoms with Gasteiger partial charge in [-0.15, -0.1) is 0 Å². The van der Waals surface area contributed by atoms with Crippen LogP contribution in [0.15, 0.2) is 65.1 Å². The molecule has 0 bridgehead atoms. The number of furan rings is 1. The molecule has 1 saturated heterocycles. The predicted octanol–water partition coefficient (Wildman–Crippen LogP) is 4.19. The van der Waals surface area contributed by atoms with Gasteiger partial charge in [0.25, 0.3) is 0 Å². The average molecular weight is 465 g/mol. The summed E-state index contributed by atoms with van der Waals surface area (Å²) in [4.78, 5) is 53.3. The molecule has 0 N–H and O–H groups in total. The van der Waals surface area contributed by atoms with Gasteiger partial charge in [-0.1, -0.05) is 48.0 Å². The van der Waals surface area contributed by atoms with Gasteiger partial charge in [-0.25, -0.2) is 0 Å². The van der Waals surface area contributed by atoms with Crippen LogP contribution in [0.25, 0.3) is 0 Å². The van der Waals surface area contributed by atoms with E-state index >= 15 is 0 Å². The molecular formula is C24H17ClN2O6. The van der Waals surface area contributed by atoms with Crippen molar-refractivity contribution in [1.29, 1.82) is 0 Å². The van der Waals surface area contributed by atoms with Crippen LogP contribution in [0.5, 0.6) is 0 Å². The highest BCUT2D eigenvalue weighted by atomic mass is 35.5. The Morgan fingerprint density at radius 2 is 1.67 bits per heavy atom. The van der Waals surface area contributed by atoms with E-state index < -0.39 is 39.7 Å². The summed E-state index contributed by atoms with van der Waals surface area (Å²) in [5.74, 6) is -3.76. The number of carbonyl (C=O) groups excluding carboxylic acids is 3. The van der Waals surface area contributed by atoms with Gasteiger partial charge < -0.3 is 4.42 Å². The second-order valence-corrected chi connectivity index (χ2v) is 8.62. The first-order valence-corrected chi connectivity index (χ1v) is 10.6. The van der Waals surface area contributed by atoms with E-state index in [2.05, 4.69) is 0 Å². The fraction of sp³-hybridized carbons (Fsp3) is 0.208. The van der Waals surface area contributed by atoms with E-state index in [-0.39, 0.29) is 39.8 Å². The lowest BCUT2D eigenvalue weighted by atomic mass is 9.73. The zero-order valence-electron chi connectivity index (χ0n) is 17.4. The minimum atomic E-state index is -1.75. The Bertz CT molecular complexity index is 1310. The summed E-state index contributed by atoms with van der Waals surface area (Å²) in [5.41, 5.74) is -0.995. The Kier molecular flexibility index (Phi) is 4.81. The summed E-state index contributed by atoms with van der Waals surface area (Å²) >= 11 is 6.27. The third kappa shape index (κ3) is 2.84. The van der Waals surface area contributed by atoms with Gasteiger partial charge >= 0.3 is 5.88 Å². The van der Waals surface area contributed by atoms with E-state index in [1.54, 1.807) is 60.5 Å². The molecule has 2 atom stereocenters. The molecule has 33 heavy (non-hydrogen) atoms. The number of rotatable bonds is 4. The third-order valence-corrected chi connectivity index (χ3v) is 6.94. The van der Waals surface area contributed by atoms with Crippen molar-refractivity contribution in [1.82, 2.24) is 4.90 Å². The number of nitro groups is 1. The zero-order valence-corrected chi connectivity index (χ0v) is 18.1. The maximum Gasteiger partial charge on any atom is 0.433 e. The van der Waals surface area contributed by atoms with Gasteiger partial charge in [-0.2, -0.15) is 0 Å². The van der Waals surface area contributed by atoms with Crippen molar-refractivity contribution in [3.63, 3.8) is 0 Å². The highest BCUT2D eigenvalue weighted by Crippen LogP contribution is 2.53. The Labute approximate surface area is 192 Å². The van der Waals surface area contributed by atoms with Crippen LogP contribution in [0.2, 0.25) is 5.02 Å². The lowest BCUT2D eigenvalue weighted by Crippen LogP contribution is -2.54. The van der Waals surface area contributed by atoms with Crippen molar-refractivity contribution < 1.29 is 23.7 Å². The number of ketones is 3. The summed E-state index contributed by atoms with van der Waals surface area (Å²) in [7, 11) is 1.60. The molecule has 1 aliphatic carbocycles. The summed E-state index contributed by atoms with van der Waals surface area (Å²) < 4.78 is 5.49. The molecule has 1 aromatic heterocycles. The van der Waals surface area contributed by atoms with E-state index in [9.17, 15) is 24.5 Å². The van der Waals surface area contributed by atoms with Crippen LogP contribution in [0, 0.1) is 16.0 Å². The Balaban J connectivity index is 1.72. The van der Waals surface area contributed by atoms with Gasteiger partial charge in [0.15, 0.2) is 22.9 Å². The fourth-order valence-corrected chi connectivity index (χ4v) is 5.43. The molecular weight excluding hydrogens is 448 g/mol. The largest absolute Gasteiger partial charge is 0.433 e. The van der Waals surface area contributed by atoms with Gasteiger partial charge in [0.1, 0.15) is 10.7 Å². The number of carbonyl (C=O) groups is 3. The molecule has 9 heteroatoms. The lowest BCUT2D eigenvalue weighted by molar-refractivity contribution is -0.402. The standard InChI is InChI=1S/C24H17ClN2O6/c1-26-12-16(21(28)15-8-4-5-9-17(15)25)20(18-10-11-19(33-18)27(31)32)24(26)22(29)13-6-2-3-7-14(13)23(24)30/h2-11,16,20H,12H2,1H3/t16-,20-/m0/s1. The van der Waals surface area contributed by atoms with Crippen LogP contribution >= 0.6 is 11.6 Å². The minimum absolute atomic E-state index is 0.0333. The Morgan fingerprint density at radius 1 is 1.06 bits per heavy atom. The maximum atomic E-state index is 13.8. The molecule has 0 saturated carbocycles. The predicted molar refractivity (Wildman–Crippen MR) is 118 cm³/mol. The summed E-state index contributed by atoms with van der Waals surface area (Å²) in [6.45, 7) is 0.0642. The van der Waals surface area contributed by atoms with Crippen LogP contribution < -0.4 is 0 Å².